The molecule has 0 aromatic heterocycles. The van der Waals surface area contributed by atoms with Gasteiger partial charge in [0.05, 0.1) is 4.83 Å². The van der Waals surface area contributed by atoms with Crippen LogP contribution < -0.4 is 0 Å². The van der Waals surface area contributed by atoms with Crippen molar-refractivity contribution in [3.63, 3.8) is 0 Å². The number of hydrogen-bond acceptors (Lipinski definition) is 0. The van der Waals surface area contributed by atoms with Gasteiger partial charge < -0.3 is 0 Å². The van der Waals surface area contributed by atoms with Crippen LogP contribution in [-0.4, -0.2) is 0 Å². The van der Waals surface area contributed by atoms with Crippen molar-refractivity contribution in [1.82, 2.24) is 0 Å². The minimum Gasteiger partial charge on any atom is -0.207 e. The highest BCUT2D eigenvalue weighted by molar-refractivity contribution is 9.09. The molecule has 0 aliphatic heterocycles. The van der Waals surface area contributed by atoms with Gasteiger partial charge in [0.2, 0.25) is 0 Å². The summed E-state index contributed by atoms with van der Waals surface area (Å²) in [5.74, 6) is -0.169. The molecule has 0 heterocycles. The van der Waals surface area contributed by atoms with E-state index in [1.165, 1.54) is 11.1 Å². The van der Waals surface area contributed by atoms with Crippen molar-refractivity contribution in [2.75, 3.05) is 0 Å². The number of benzene rings is 2. The summed E-state index contributed by atoms with van der Waals surface area (Å²) in [6.07, 6.45) is 0. The first kappa shape index (κ1) is 13.3. The molecular weight excluding hydrogens is 291 g/mol. The average Bonchev–Trinajstić information content (AvgIpc) is 2.27. The van der Waals surface area contributed by atoms with Crippen LogP contribution in [0.1, 0.15) is 32.6 Å². The lowest BCUT2D eigenvalue weighted by Crippen LogP contribution is -2.00. The molecule has 0 saturated heterocycles. The first-order valence-electron chi connectivity index (χ1n) is 5.96. The maximum absolute atomic E-state index is 13.3. The first-order chi connectivity index (χ1) is 8.49. The van der Waals surface area contributed by atoms with E-state index in [0.29, 0.717) is 0 Å². The van der Waals surface area contributed by atoms with Gasteiger partial charge in [-0.15, -0.1) is 0 Å². The molecular formula is C16H16BrF. The van der Waals surface area contributed by atoms with Gasteiger partial charge in [-0.25, -0.2) is 4.39 Å². The monoisotopic (exact) mass is 306 g/mol. The smallest absolute Gasteiger partial charge is 0.123 e. The minimum atomic E-state index is -0.169. The topological polar surface area (TPSA) is 0 Å². The van der Waals surface area contributed by atoms with Gasteiger partial charge in [-0.2, -0.15) is 0 Å². The second-order valence-electron chi connectivity index (χ2n) is 4.73. The molecule has 0 spiro atoms. The largest absolute Gasteiger partial charge is 0.207 e. The Morgan fingerprint density at radius 3 is 2.17 bits per heavy atom. The normalized spacial score (nSPS) is 12.5. The highest BCUT2D eigenvalue weighted by Gasteiger charge is 2.16. The van der Waals surface area contributed by atoms with E-state index < -0.39 is 0 Å². The van der Waals surface area contributed by atoms with Gasteiger partial charge in [0.25, 0.3) is 0 Å². The number of alkyl halides is 1. The third-order valence-corrected chi connectivity index (χ3v) is 4.13. The Kier molecular flexibility index (Phi) is 3.86. The average molecular weight is 307 g/mol. The maximum atomic E-state index is 13.3. The zero-order chi connectivity index (χ0) is 13.3. The second kappa shape index (κ2) is 5.23. The number of aryl methyl sites for hydroxylation is 3. The van der Waals surface area contributed by atoms with Gasteiger partial charge in [0.1, 0.15) is 5.82 Å². The Morgan fingerprint density at radius 1 is 1.00 bits per heavy atom. The fraction of sp³-hybridized carbons (Fsp3) is 0.250. The van der Waals surface area contributed by atoms with Crippen LogP contribution in [0.2, 0.25) is 0 Å². The van der Waals surface area contributed by atoms with Crippen LogP contribution in [-0.2, 0) is 0 Å². The molecule has 0 radical (unpaired) electrons. The van der Waals surface area contributed by atoms with Gasteiger partial charge in [0.15, 0.2) is 0 Å². The Morgan fingerprint density at radius 2 is 1.61 bits per heavy atom. The minimum absolute atomic E-state index is 0.109. The quantitative estimate of drug-likeness (QED) is 0.666. The second-order valence-corrected chi connectivity index (χ2v) is 5.65. The molecule has 0 aliphatic carbocycles. The van der Waals surface area contributed by atoms with E-state index in [-0.39, 0.29) is 10.6 Å². The summed E-state index contributed by atoms with van der Waals surface area (Å²) in [4.78, 5) is 0.109. The molecule has 0 nitrogen and oxygen atoms in total. The van der Waals surface area contributed by atoms with Crippen LogP contribution >= 0.6 is 15.9 Å². The molecule has 2 heteroatoms. The molecule has 2 aromatic carbocycles. The fourth-order valence-corrected chi connectivity index (χ4v) is 3.32. The van der Waals surface area contributed by atoms with Crippen LogP contribution in [0, 0.1) is 26.6 Å². The van der Waals surface area contributed by atoms with E-state index in [9.17, 15) is 4.39 Å². The van der Waals surface area contributed by atoms with Crippen LogP contribution in [0.15, 0.2) is 36.4 Å². The molecule has 94 valence electrons. The van der Waals surface area contributed by atoms with Crippen molar-refractivity contribution in [3.8, 4) is 0 Å². The Labute approximate surface area is 116 Å². The molecule has 1 unspecified atom stereocenters. The third-order valence-electron chi connectivity index (χ3n) is 3.15. The van der Waals surface area contributed by atoms with E-state index in [0.717, 1.165) is 16.7 Å². The van der Waals surface area contributed by atoms with Crippen LogP contribution in [0.25, 0.3) is 0 Å². The lowest BCUT2D eigenvalue weighted by atomic mass is 9.95. The van der Waals surface area contributed by atoms with Crippen LogP contribution in [0.4, 0.5) is 4.39 Å². The van der Waals surface area contributed by atoms with Gasteiger partial charge in [-0.05, 0) is 55.2 Å². The summed E-state index contributed by atoms with van der Waals surface area (Å²) < 4.78 is 13.3. The van der Waals surface area contributed by atoms with Crippen LogP contribution in [0.3, 0.4) is 0 Å². The summed E-state index contributed by atoms with van der Waals surface area (Å²) in [5, 5.41) is 0. The van der Waals surface area contributed by atoms with Crippen LogP contribution in [0.5, 0.6) is 0 Å². The van der Waals surface area contributed by atoms with Crippen molar-refractivity contribution >= 4 is 15.9 Å². The standard InChI is InChI=1S/C16H16BrF/c1-10-5-4-6-13(7-10)16(17)15-11(2)8-14(18)9-12(15)3/h4-9,16H,1-3H3. The molecule has 2 rings (SSSR count). The van der Waals surface area contributed by atoms with E-state index in [1.54, 1.807) is 12.1 Å². The lowest BCUT2D eigenvalue weighted by Gasteiger charge is -2.17. The third kappa shape index (κ3) is 2.64. The van der Waals surface area contributed by atoms with Gasteiger partial charge >= 0.3 is 0 Å². The van der Waals surface area contributed by atoms with Crippen molar-refractivity contribution in [1.29, 1.82) is 0 Å². The van der Waals surface area contributed by atoms with Gasteiger partial charge in [0, 0.05) is 0 Å². The maximum Gasteiger partial charge on any atom is 0.123 e. The molecule has 2 aromatic rings. The predicted octanol–water partition coefficient (Wildman–Crippen LogP) is 5.24. The van der Waals surface area contributed by atoms with E-state index in [2.05, 4.69) is 41.1 Å². The van der Waals surface area contributed by atoms with Gasteiger partial charge in [-0.1, -0.05) is 45.8 Å². The summed E-state index contributed by atoms with van der Waals surface area (Å²) in [6, 6.07) is 11.6. The molecule has 0 fully saturated rings. The first-order valence-corrected chi connectivity index (χ1v) is 6.88. The van der Waals surface area contributed by atoms with Crippen molar-refractivity contribution in [2.45, 2.75) is 25.6 Å². The van der Waals surface area contributed by atoms with Gasteiger partial charge in [-0.3, -0.25) is 0 Å². The summed E-state index contributed by atoms with van der Waals surface area (Å²) in [5.41, 5.74) is 5.55. The fourth-order valence-electron chi connectivity index (χ4n) is 2.32. The highest BCUT2D eigenvalue weighted by Crippen LogP contribution is 2.35. The van der Waals surface area contributed by atoms with Crippen molar-refractivity contribution < 1.29 is 4.39 Å². The molecule has 0 amide bonds. The number of halogens is 2. The lowest BCUT2D eigenvalue weighted by molar-refractivity contribution is 0.624. The Balaban J connectivity index is 2.49. The van der Waals surface area contributed by atoms with Crippen molar-refractivity contribution in [2.24, 2.45) is 0 Å². The number of rotatable bonds is 2. The highest BCUT2D eigenvalue weighted by atomic mass is 79.9. The zero-order valence-corrected chi connectivity index (χ0v) is 12.4. The zero-order valence-electron chi connectivity index (χ0n) is 10.8. The molecule has 0 bridgehead atoms. The summed E-state index contributed by atoms with van der Waals surface area (Å²) in [7, 11) is 0. The molecule has 0 aliphatic rings. The summed E-state index contributed by atoms with van der Waals surface area (Å²) >= 11 is 3.73. The number of hydrogen-bond donors (Lipinski definition) is 0. The van der Waals surface area contributed by atoms with E-state index in [1.807, 2.05) is 19.9 Å². The Hall–Kier alpha value is -1.15. The molecule has 0 N–H and O–H groups in total. The van der Waals surface area contributed by atoms with Crippen molar-refractivity contribution in [3.05, 3.63) is 70.0 Å². The molecule has 1 atom stereocenters. The molecule has 18 heavy (non-hydrogen) atoms. The summed E-state index contributed by atoms with van der Waals surface area (Å²) in [6.45, 7) is 5.98. The van der Waals surface area contributed by atoms with E-state index in [4.69, 9.17) is 0 Å². The SMILES string of the molecule is Cc1cccc(C(Br)c2c(C)cc(F)cc2C)c1. The predicted molar refractivity (Wildman–Crippen MR) is 77.8 cm³/mol. The molecule has 0 saturated carbocycles. The van der Waals surface area contributed by atoms with E-state index >= 15 is 0 Å². The Bertz CT molecular complexity index is 552.